The lowest BCUT2D eigenvalue weighted by atomic mass is 10.1. The van der Waals surface area contributed by atoms with Crippen molar-refractivity contribution in [3.63, 3.8) is 0 Å². The van der Waals surface area contributed by atoms with E-state index < -0.39 is 0 Å². The molecule has 0 radical (unpaired) electrons. The normalized spacial score (nSPS) is 12.3. The second-order valence-electron chi connectivity index (χ2n) is 2.82. The van der Waals surface area contributed by atoms with Crippen LogP contribution in [-0.2, 0) is 0 Å². The molecule has 0 aliphatic heterocycles. The molecule has 4 heteroatoms. The molecular weight excluding hydrogens is 359 g/mol. The van der Waals surface area contributed by atoms with E-state index in [1.54, 1.807) is 7.11 Å². The van der Waals surface area contributed by atoms with Crippen molar-refractivity contribution in [3.05, 3.63) is 27.3 Å². The molecule has 1 unspecified atom stereocenters. The average molecular weight is 369 g/mol. The van der Waals surface area contributed by atoms with E-state index in [9.17, 15) is 4.79 Å². The van der Waals surface area contributed by atoms with Gasteiger partial charge in [-0.25, -0.2) is 0 Å². The van der Waals surface area contributed by atoms with Crippen LogP contribution in [0.2, 0.25) is 0 Å². The summed E-state index contributed by atoms with van der Waals surface area (Å²) in [5, 5.41) is 0. The van der Waals surface area contributed by atoms with Gasteiger partial charge in [0.15, 0.2) is 5.78 Å². The highest BCUT2D eigenvalue weighted by atomic mass is 127. The second kappa shape index (κ2) is 5.11. The maximum atomic E-state index is 11.7. The molecule has 0 aliphatic carbocycles. The Morgan fingerprint density at radius 2 is 2.21 bits per heavy atom. The minimum atomic E-state index is -0.186. The maximum Gasteiger partial charge on any atom is 0.179 e. The molecule has 1 rings (SSSR count). The summed E-state index contributed by atoms with van der Waals surface area (Å²) in [5.41, 5.74) is 0.628. The van der Waals surface area contributed by atoms with Crippen LogP contribution < -0.4 is 4.74 Å². The van der Waals surface area contributed by atoms with E-state index in [-0.39, 0.29) is 10.6 Å². The van der Waals surface area contributed by atoms with Crippen LogP contribution in [0.1, 0.15) is 17.3 Å². The summed E-state index contributed by atoms with van der Waals surface area (Å²) in [6, 6.07) is 5.55. The fraction of sp³-hybridized carbons (Fsp3) is 0.300. The van der Waals surface area contributed by atoms with Gasteiger partial charge in [0.25, 0.3) is 0 Å². The van der Waals surface area contributed by atoms with Gasteiger partial charge in [0.2, 0.25) is 0 Å². The van der Waals surface area contributed by atoms with E-state index in [1.165, 1.54) is 0 Å². The predicted molar refractivity (Wildman–Crippen MR) is 68.4 cm³/mol. The van der Waals surface area contributed by atoms with Crippen molar-refractivity contribution in [3.8, 4) is 5.75 Å². The molecule has 0 fully saturated rings. The Balaban J connectivity index is 3.17. The standard InChI is InChI=1S/C10H10BrIO2/c1-6(11)10(13)8-5-7(12)3-4-9(8)14-2/h3-6H,1-2H3. The lowest BCUT2D eigenvalue weighted by Crippen LogP contribution is -2.11. The highest BCUT2D eigenvalue weighted by Gasteiger charge is 2.16. The first kappa shape index (κ1) is 12.0. The van der Waals surface area contributed by atoms with Gasteiger partial charge in [-0.05, 0) is 47.7 Å². The monoisotopic (exact) mass is 368 g/mol. The van der Waals surface area contributed by atoms with E-state index in [0.29, 0.717) is 11.3 Å². The number of ketones is 1. The molecule has 76 valence electrons. The third-order valence-electron chi connectivity index (χ3n) is 1.79. The van der Waals surface area contributed by atoms with Crippen LogP contribution in [0.25, 0.3) is 0 Å². The fourth-order valence-electron chi connectivity index (χ4n) is 1.09. The number of hydrogen-bond donors (Lipinski definition) is 0. The summed E-state index contributed by atoms with van der Waals surface area (Å²) in [6.45, 7) is 1.81. The smallest absolute Gasteiger partial charge is 0.179 e. The van der Waals surface area contributed by atoms with Gasteiger partial charge in [-0.3, -0.25) is 4.79 Å². The van der Waals surface area contributed by atoms with Crippen LogP contribution in [0.4, 0.5) is 0 Å². The molecule has 0 saturated heterocycles. The highest BCUT2D eigenvalue weighted by molar-refractivity contribution is 14.1. The molecule has 0 heterocycles. The van der Waals surface area contributed by atoms with E-state index in [1.807, 2.05) is 25.1 Å². The molecule has 0 aromatic heterocycles. The van der Waals surface area contributed by atoms with Crippen LogP contribution in [0.3, 0.4) is 0 Å². The predicted octanol–water partition coefficient (Wildman–Crippen LogP) is 3.27. The molecule has 1 atom stereocenters. The molecule has 0 spiro atoms. The molecule has 14 heavy (non-hydrogen) atoms. The van der Waals surface area contributed by atoms with Crippen LogP contribution in [0.15, 0.2) is 18.2 Å². The molecule has 0 N–H and O–H groups in total. The third-order valence-corrected chi connectivity index (χ3v) is 2.88. The zero-order valence-corrected chi connectivity index (χ0v) is 11.6. The van der Waals surface area contributed by atoms with Crippen molar-refractivity contribution < 1.29 is 9.53 Å². The molecule has 1 aromatic carbocycles. The van der Waals surface area contributed by atoms with Gasteiger partial charge in [-0.15, -0.1) is 0 Å². The van der Waals surface area contributed by atoms with Crippen LogP contribution in [-0.4, -0.2) is 17.7 Å². The summed E-state index contributed by atoms with van der Waals surface area (Å²) < 4.78 is 6.15. The number of hydrogen-bond acceptors (Lipinski definition) is 2. The number of Topliss-reactive ketones (excluding diaryl/α,β-unsaturated/α-hetero) is 1. The van der Waals surface area contributed by atoms with Crippen molar-refractivity contribution in [2.75, 3.05) is 7.11 Å². The van der Waals surface area contributed by atoms with Crippen molar-refractivity contribution in [1.29, 1.82) is 0 Å². The van der Waals surface area contributed by atoms with Crippen molar-refractivity contribution in [1.82, 2.24) is 0 Å². The summed E-state index contributed by atoms with van der Waals surface area (Å²) >= 11 is 5.43. The number of alkyl halides is 1. The van der Waals surface area contributed by atoms with E-state index in [2.05, 4.69) is 38.5 Å². The Morgan fingerprint density at radius 1 is 1.57 bits per heavy atom. The third kappa shape index (κ3) is 2.70. The largest absolute Gasteiger partial charge is 0.496 e. The van der Waals surface area contributed by atoms with Crippen LogP contribution >= 0.6 is 38.5 Å². The fourth-order valence-corrected chi connectivity index (χ4v) is 1.82. The Hall–Kier alpha value is -0.100. The number of methoxy groups -OCH3 is 1. The van der Waals surface area contributed by atoms with Gasteiger partial charge in [0.05, 0.1) is 17.5 Å². The van der Waals surface area contributed by atoms with Crippen molar-refractivity contribution in [2.24, 2.45) is 0 Å². The Bertz CT molecular complexity index is 350. The number of benzene rings is 1. The van der Waals surface area contributed by atoms with Crippen LogP contribution in [0, 0.1) is 3.57 Å². The van der Waals surface area contributed by atoms with Gasteiger partial charge in [-0.2, -0.15) is 0 Å². The molecule has 0 saturated carbocycles. The zero-order chi connectivity index (χ0) is 10.7. The number of halogens is 2. The first-order chi connectivity index (χ1) is 6.56. The Kier molecular flexibility index (Phi) is 4.37. The SMILES string of the molecule is COc1ccc(I)cc1C(=O)C(C)Br. The minimum Gasteiger partial charge on any atom is -0.496 e. The molecule has 0 amide bonds. The topological polar surface area (TPSA) is 26.3 Å². The van der Waals surface area contributed by atoms with Gasteiger partial charge < -0.3 is 4.74 Å². The number of carbonyl (C=O) groups excluding carboxylic acids is 1. The molecule has 1 aromatic rings. The summed E-state index contributed by atoms with van der Waals surface area (Å²) in [7, 11) is 1.57. The Morgan fingerprint density at radius 3 is 2.71 bits per heavy atom. The zero-order valence-electron chi connectivity index (χ0n) is 7.88. The van der Waals surface area contributed by atoms with E-state index >= 15 is 0 Å². The quantitative estimate of drug-likeness (QED) is 0.465. The highest BCUT2D eigenvalue weighted by Crippen LogP contribution is 2.23. The first-order valence-electron chi connectivity index (χ1n) is 4.08. The minimum absolute atomic E-state index is 0.0420. The van der Waals surface area contributed by atoms with E-state index in [4.69, 9.17) is 4.74 Å². The van der Waals surface area contributed by atoms with Crippen LogP contribution in [0.5, 0.6) is 5.75 Å². The molecular formula is C10H10BrIO2. The van der Waals surface area contributed by atoms with E-state index in [0.717, 1.165) is 3.57 Å². The second-order valence-corrected chi connectivity index (χ2v) is 5.44. The lowest BCUT2D eigenvalue weighted by molar-refractivity contribution is 0.0993. The molecule has 0 aliphatic rings. The Labute approximate surface area is 105 Å². The average Bonchev–Trinajstić information content (AvgIpc) is 2.16. The molecule has 2 nitrogen and oxygen atoms in total. The van der Waals surface area contributed by atoms with Crippen molar-refractivity contribution >= 4 is 44.3 Å². The van der Waals surface area contributed by atoms with Gasteiger partial charge in [-0.1, -0.05) is 15.9 Å². The summed E-state index contributed by atoms with van der Waals surface area (Å²) in [4.78, 5) is 11.6. The van der Waals surface area contributed by atoms with Gasteiger partial charge >= 0.3 is 0 Å². The van der Waals surface area contributed by atoms with Gasteiger partial charge in [0, 0.05) is 3.57 Å². The molecule has 0 bridgehead atoms. The number of ether oxygens (including phenoxy) is 1. The lowest BCUT2D eigenvalue weighted by Gasteiger charge is -2.09. The number of rotatable bonds is 3. The summed E-state index contributed by atoms with van der Waals surface area (Å²) in [5.74, 6) is 0.669. The van der Waals surface area contributed by atoms with Crippen molar-refractivity contribution in [2.45, 2.75) is 11.8 Å². The number of carbonyl (C=O) groups is 1. The van der Waals surface area contributed by atoms with Gasteiger partial charge in [0.1, 0.15) is 5.75 Å². The summed E-state index contributed by atoms with van der Waals surface area (Å²) in [6.07, 6.45) is 0. The first-order valence-corrected chi connectivity index (χ1v) is 6.07. The maximum absolute atomic E-state index is 11.7.